The van der Waals surface area contributed by atoms with Gasteiger partial charge in [-0.2, -0.15) is 0 Å². The third-order valence-electron chi connectivity index (χ3n) is 5.05. The molecule has 0 aliphatic carbocycles. The van der Waals surface area contributed by atoms with Crippen molar-refractivity contribution in [3.05, 3.63) is 23.8 Å². The van der Waals surface area contributed by atoms with Crippen molar-refractivity contribution in [1.82, 2.24) is 15.5 Å². The Labute approximate surface area is 171 Å². The van der Waals surface area contributed by atoms with Gasteiger partial charge in [0.2, 0.25) is 5.91 Å². The minimum atomic E-state index is -0.943. The van der Waals surface area contributed by atoms with Crippen molar-refractivity contribution in [2.24, 2.45) is 5.92 Å². The molecule has 0 radical (unpaired) electrons. The van der Waals surface area contributed by atoms with Gasteiger partial charge in [-0.1, -0.05) is 19.9 Å². The molecule has 2 rings (SSSR count). The molecule has 1 saturated heterocycles. The van der Waals surface area contributed by atoms with Crippen molar-refractivity contribution in [2.75, 3.05) is 27.3 Å². The third kappa shape index (κ3) is 5.62. The first-order chi connectivity index (χ1) is 13.7. The normalized spacial score (nSPS) is 18.8. The summed E-state index contributed by atoms with van der Waals surface area (Å²) in [4.78, 5) is 38.1. The van der Waals surface area contributed by atoms with Gasteiger partial charge in [-0.25, -0.2) is 4.79 Å². The van der Waals surface area contributed by atoms with E-state index in [0.717, 1.165) is 16.9 Å². The van der Waals surface area contributed by atoms with Crippen LogP contribution in [0, 0.1) is 5.92 Å². The van der Waals surface area contributed by atoms with Crippen molar-refractivity contribution in [3.8, 4) is 11.5 Å². The zero-order valence-corrected chi connectivity index (χ0v) is 17.8. The van der Waals surface area contributed by atoms with Crippen LogP contribution in [0.2, 0.25) is 0 Å². The quantitative estimate of drug-likeness (QED) is 0.581. The first kappa shape index (κ1) is 22.5. The van der Waals surface area contributed by atoms with Gasteiger partial charge in [0.15, 0.2) is 11.5 Å². The SMILES string of the molecule is COc1ccc(CCNC(=O)CN2C(=O)NC(C)(CCC(C)C)C2=O)cc1OC. The molecule has 8 nitrogen and oxygen atoms in total. The smallest absolute Gasteiger partial charge is 0.325 e. The summed E-state index contributed by atoms with van der Waals surface area (Å²) >= 11 is 0. The molecule has 1 aromatic rings. The Morgan fingerprint density at radius 1 is 1.21 bits per heavy atom. The maximum absolute atomic E-state index is 12.6. The van der Waals surface area contributed by atoms with Crippen molar-refractivity contribution in [3.63, 3.8) is 0 Å². The van der Waals surface area contributed by atoms with Gasteiger partial charge in [0.1, 0.15) is 12.1 Å². The number of ether oxygens (including phenoxy) is 2. The highest BCUT2D eigenvalue weighted by atomic mass is 16.5. The number of urea groups is 1. The van der Waals surface area contributed by atoms with E-state index in [0.29, 0.717) is 36.8 Å². The van der Waals surface area contributed by atoms with Gasteiger partial charge >= 0.3 is 6.03 Å². The van der Waals surface area contributed by atoms with Crippen LogP contribution in [0.5, 0.6) is 11.5 Å². The number of imide groups is 1. The molecule has 1 aliphatic rings. The standard InChI is InChI=1S/C21H31N3O5/c1-14(2)8-10-21(3)19(26)24(20(27)23-21)13-18(25)22-11-9-15-6-7-16(28-4)17(12-15)29-5/h6-7,12,14H,8-11,13H2,1-5H3,(H,22,25)(H,23,27). The number of hydrogen-bond acceptors (Lipinski definition) is 5. The number of hydrogen-bond donors (Lipinski definition) is 2. The number of carbonyl (C=O) groups excluding carboxylic acids is 3. The number of methoxy groups -OCH3 is 2. The molecular formula is C21H31N3O5. The minimum absolute atomic E-state index is 0.284. The minimum Gasteiger partial charge on any atom is -0.493 e. The molecule has 4 amide bonds. The predicted molar refractivity (Wildman–Crippen MR) is 109 cm³/mol. The van der Waals surface area contributed by atoms with Crippen molar-refractivity contribution >= 4 is 17.8 Å². The number of rotatable bonds is 10. The highest BCUT2D eigenvalue weighted by Gasteiger charge is 2.47. The molecule has 1 heterocycles. The lowest BCUT2D eigenvalue weighted by Gasteiger charge is -2.22. The highest BCUT2D eigenvalue weighted by Crippen LogP contribution is 2.27. The summed E-state index contributed by atoms with van der Waals surface area (Å²) in [5.74, 6) is 0.960. The zero-order chi connectivity index (χ0) is 21.6. The summed E-state index contributed by atoms with van der Waals surface area (Å²) in [7, 11) is 3.14. The predicted octanol–water partition coefficient (Wildman–Crippen LogP) is 2.11. The average molecular weight is 405 g/mol. The van der Waals surface area contributed by atoms with Crippen LogP contribution in [0.4, 0.5) is 4.79 Å². The molecule has 1 fully saturated rings. The second-order valence-corrected chi connectivity index (χ2v) is 7.88. The van der Waals surface area contributed by atoms with Gasteiger partial charge in [-0.3, -0.25) is 14.5 Å². The summed E-state index contributed by atoms with van der Waals surface area (Å²) in [6, 6.07) is 5.03. The molecule has 1 unspecified atom stereocenters. The lowest BCUT2D eigenvalue weighted by atomic mass is 9.92. The molecular weight excluding hydrogens is 374 g/mol. The summed E-state index contributed by atoms with van der Waals surface area (Å²) < 4.78 is 10.5. The maximum atomic E-state index is 12.6. The van der Waals surface area contributed by atoms with Crippen LogP contribution in [0.1, 0.15) is 39.2 Å². The number of amides is 4. The molecule has 8 heteroatoms. The second-order valence-electron chi connectivity index (χ2n) is 7.88. The summed E-state index contributed by atoms with van der Waals surface area (Å²) in [5, 5.41) is 5.49. The summed E-state index contributed by atoms with van der Waals surface area (Å²) in [6.07, 6.45) is 1.94. The van der Waals surface area contributed by atoms with E-state index in [2.05, 4.69) is 24.5 Å². The molecule has 1 aliphatic heterocycles. The van der Waals surface area contributed by atoms with Crippen LogP contribution in [0.25, 0.3) is 0 Å². The Morgan fingerprint density at radius 3 is 2.52 bits per heavy atom. The molecule has 1 aromatic carbocycles. The summed E-state index contributed by atoms with van der Waals surface area (Å²) in [5.41, 5.74) is 0.0283. The Morgan fingerprint density at radius 2 is 1.90 bits per heavy atom. The van der Waals surface area contributed by atoms with E-state index < -0.39 is 11.6 Å². The lowest BCUT2D eigenvalue weighted by molar-refractivity contribution is -0.134. The fourth-order valence-electron chi connectivity index (χ4n) is 3.22. The van der Waals surface area contributed by atoms with Gasteiger partial charge in [0.05, 0.1) is 14.2 Å². The zero-order valence-electron chi connectivity index (χ0n) is 17.8. The first-order valence-corrected chi connectivity index (χ1v) is 9.82. The maximum Gasteiger partial charge on any atom is 0.325 e. The summed E-state index contributed by atoms with van der Waals surface area (Å²) in [6.45, 7) is 5.93. The van der Waals surface area contributed by atoms with Gasteiger partial charge in [0.25, 0.3) is 5.91 Å². The van der Waals surface area contributed by atoms with E-state index in [1.54, 1.807) is 27.2 Å². The van der Waals surface area contributed by atoms with E-state index in [1.807, 2.05) is 12.1 Å². The topological polar surface area (TPSA) is 97.0 Å². The number of benzene rings is 1. The lowest BCUT2D eigenvalue weighted by Crippen LogP contribution is -2.45. The highest BCUT2D eigenvalue weighted by molar-refractivity contribution is 6.08. The molecule has 0 bridgehead atoms. The van der Waals surface area contributed by atoms with Crippen LogP contribution in [-0.4, -0.2) is 55.6 Å². The molecule has 2 N–H and O–H groups in total. The van der Waals surface area contributed by atoms with E-state index in [1.165, 1.54) is 0 Å². The molecule has 29 heavy (non-hydrogen) atoms. The fraction of sp³-hybridized carbons (Fsp3) is 0.571. The Kier molecular flexibility index (Phi) is 7.47. The molecule has 1 atom stereocenters. The van der Waals surface area contributed by atoms with Crippen molar-refractivity contribution < 1.29 is 23.9 Å². The van der Waals surface area contributed by atoms with Crippen LogP contribution in [-0.2, 0) is 16.0 Å². The third-order valence-corrected chi connectivity index (χ3v) is 5.05. The van der Waals surface area contributed by atoms with Crippen LogP contribution >= 0.6 is 0 Å². The van der Waals surface area contributed by atoms with Gasteiger partial charge < -0.3 is 20.1 Å². The van der Waals surface area contributed by atoms with Crippen molar-refractivity contribution in [1.29, 1.82) is 0 Å². The average Bonchev–Trinajstić information content (AvgIpc) is 2.89. The van der Waals surface area contributed by atoms with Gasteiger partial charge in [-0.05, 0) is 49.8 Å². The molecule has 0 aromatic heterocycles. The molecule has 160 valence electrons. The number of nitrogens with zero attached hydrogens (tertiary/aromatic N) is 1. The Bertz CT molecular complexity index is 765. The van der Waals surface area contributed by atoms with E-state index >= 15 is 0 Å². The second kappa shape index (κ2) is 9.62. The van der Waals surface area contributed by atoms with Crippen LogP contribution < -0.4 is 20.1 Å². The van der Waals surface area contributed by atoms with E-state index in [9.17, 15) is 14.4 Å². The first-order valence-electron chi connectivity index (χ1n) is 9.82. The Balaban J connectivity index is 1.86. The largest absolute Gasteiger partial charge is 0.493 e. The van der Waals surface area contributed by atoms with Gasteiger partial charge in [-0.15, -0.1) is 0 Å². The Hall–Kier alpha value is -2.77. The number of carbonyl (C=O) groups is 3. The van der Waals surface area contributed by atoms with Crippen molar-refractivity contribution in [2.45, 2.75) is 45.6 Å². The van der Waals surface area contributed by atoms with E-state index in [4.69, 9.17) is 9.47 Å². The van der Waals surface area contributed by atoms with E-state index in [-0.39, 0.29) is 18.4 Å². The monoisotopic (exact) mass is 405 g/mol. The van der Waals surface area contributed by atoms with Crippen LogP contribution in [0.3, 0.4) is 0 Å². The van der Waals surface area contributed by atoms with Crippen LogP contribution in [0.15, 0.2) is 18.2 Å². The number of nitrogens with one attached hydrogen (secondary N) is 2. The fourth-order valence-corrected chi connectivity index (χ4v) is 3.22. The molecule has 0 saturated carbocycles. The molecule has 0 spiro atoms. The van der Waals surface area contributed by atoms with Gasteiger partial charge in [0, 0.05) is 6.54 Å².